The number of quaternary nitrogens is 2. The standard InChI is InChI=1S/C37H40N2O6/c1-38-14-12-24-19-32(42-4)33-21-27(24)28(38)16-22-6-9-26(10-7-22)44-37-35-25(20-34(43-5)36(37)41)13-15-39(2,3)29(35)17-23-8-11-30(40)31(18-23)45-33/h6-11,18-21,28-29H,12-17H2,1-5H3,(H-,40,41)/p+2/t28-,29+/m0/s1. The number of fused-ring (bicyclic) bond motifs is 2. The molecule has 0 radical (unpaired) electrons. The molecule has 4 aromatic rings. The van der Waals surface area contributed by atoms with Crippen molar-refractivity contribution in [3.63, 3.8) is 0 Å². The lowest BCUT2D eigenvalue weighted by Gasteiger charge is -2.43. The zero-order chi connectivity index (χ0) is 31.5. The Morgan fingerprint density at radius 1 is 0.800 bits per heavy atom. The van der Waals surface area contributed by atoms with Gasteiger partial charge in [0, 0.05) is 31.2 Å². The summed E-state index contributed by atoms with van der Waals surface area (Å²) >= 11 is 0. The number of rotatable bonds is 2. The number of aromatic hydroxyl groups is 2. The van der Waals surface area contributed by atoms with Gasteiger partial charge in [-0.1, -0.05) is 18.2 Å². The summed E-state index contributed by atoms with van der Waals surface area (Å²) in [6.45, 7) is 1.92. The zero-order valence-corrected chi connectivity index (χ0v) is 26.6. The predicted molar refractivity (Wildman–Crippen MR) is 171 cm³/mol. The lowest BCUT2D eigenvalue weighted by molar-refractivity contribution is -0.923. The van der Waals surface area contributed by atoms with E-state index in [1.54, 1.807) is 20.3 Å². The lowest BCUT2D eigenvalue weighted by Crippen LogP contribution is -3.10. The number of hydrogen-bond donors (Lipinski definition) is 3. The Labute approximate surface area is 264 Å². The maximum Gasteiger partial charge on any atom is 0.201 e. The highest BCUT2D eigenvalue weighted by atomic mass is 16.5. The van der Waals surface area contributed by atoms with Gasteiger partial charge in [-0.05, 0) is 64.7 Å². The summed E-state index contributed by atoms with van der Waals surface area (Å²) in [5.74, 6) is 3.20. The summed E-state index contributed by atoms with van der Waals surface area (Å²) in [5.41, 5.74) is 6.75. The first-order chi connectivity index (χ1) is 21.6. The quantitative estimate of drug-likeness (QED) is 0.268. The number of methoxy groups -OCH3 is 2. The molecule has 4 aromatic carbocycles. The molecule has 6 bridgehead atoms. The summed E-state index contributed by atoms with van der Waals surface area (Å²) in [7, 11) is 9.90. The van der Waals surface area contributed by atoms with Gasteiger partial charge in [0.25, 0.3) is 0 Å². The maximum atomic E-state index is 11.5. The van der Waals surface area contributed by atoms with Crippen molar-refractivity contribution in [3.05, 3.63) is 94.0 Å². The number of hydrogen-bond acceptors (Lipinski definition) is 6. The van der Waals surface area contributed by atoms with E-state index in [9.17, 15) is 10.2 Å². The van der Waals surface area contributed by atoms with Crippen LogP contribution in [-0.2, 0) is 25.7 Å². The molecule has 1 unspecified atom stereocenters. The first-order valence-corrected chi connectivity index (χ1v) is 15.7. The van der Waals surface area contributed by atoms with Crippen LogP contribution in [0.25, 0.3) is 0 Å². The topological polar surface area (TPSA) is 81.8 Å². The van der Waals surface area contributed by atoms with Crippen molar-refractivity contribution < 1.29 is 38.5 Å². The van der Waals surface area contributed by atoms with Gasteiger partial charge in [0.05, 0.1) is 54.0 Å². The van der Waals surface area contributed by atoms with E-state index in [1.807, 2.05) is 30.3 Å². The Kier molecular flexibility index (Phi) is 7.29. The Morgan fingerprint density at radius 3 is 2.29 bits per heavy atom. The number of phenols is 2. The third-order valence-corrected chi connectivity index (χ3v) is 10.1. The largest absolute Gasteiger partial charge is 0.504 e. The fourth-order valence-electron chi connectivity index (χ4n) is 7.39. The number of likely N-dealkylation sites (N-methyl/N-ethyl adjacent to an activating group) is 2. The maximum absolute atomic E-state index is 11.5. The van der Waals surface area contributed by atoms with Gasteiger partial charge in [0.1, 0.15) is 17.8 Å². The van der Waals surface area contributed by atoms with E-state index in [0.717, 1.165) is 49.0 Å². The Hall–Kier alpha value is -4.40. The second kappa shape index (κ2) is 11.2. The highest BCUT2D eigenvalue weighted by Gasteiger charge is 2.41. The van der Waals surface area contributed by atoms with Crippen molar-refractivity contribution in [3.8, 4) is 46.0 Å². The molecule has 45 heavy (non-hydrogen) atoms. The Balaban J connectivity index is 1.43. The number of nitrogens with one attached hydrogen (secondary N) is 1. The molecule has 8 nitrogen and oxygen atoms in total. The van der Waals surface area contributed by atoms with Crippen molar-refractivity contribution in [1.29, 1.82) is 0 Å². The molecule has 0 fully saturated rings. The van der Waals surface area contributed by atoms with Crippen molar-refractivity contribution >= 4 is 0 Å². The van der Waals surface area contributed by atoms with Gasteiger partial charge in [0.15, 0.2) is 34.5 Å². The van der Waals surface area contributed by atoms with Gasteiger partial charge in [-0.15, -0.1) is 0 Å². The second-order valence-electron chi connectivity index (χ2n) is 13.3. The van der Waals surface area contributed by atoms with Crippen LogP contribution in [0.5, 0.6) is 46.0 Å². The van der Waals surface area contributed by atoms with Crippen molar-refractivity contribution in [1.82, 2.24) is 0 Å². The Morgan fingerprint density at radius 2 is 1.53 bits per heavy atom. The van der Waals surface area contributed by atoms with Gasteiger partial charge < -0.3 is 38.5 Å². The van der Waals surface area contributed by atoms with E-state index in [2.05, 4.69) is 45.4 Å². The fourth-order valence-corrected chi connectivity index (χ4v) is 7.39. The van der Waals surface area contributed by atoms with Crippen LogP contribution in [0.4, 0.5) is 0 Å². The smallest absolute Gasteiger partial charge is 0.201 e. The van der Waals surface area contributed by atoms with Crippen LogP contribution in [0.15, 0.2) is 60.7 Å². The van der Waals surface area contributed by atoms with Crippen molar-refractivity contribution in [2.75, 3.05) is 48.5 Å². The number of phenolic OH excluding ortho intramolecular Hbond substituents is 2. The monoisotopic (exact) mass is 610 g/mol. The summed E-state index contributed by atoms with van der Waals surface area (Å²) < 4.78 is 25.2. The molecule has 234 valence electrons. The molecule has 3 N–H and O–H groups in total. The minimum absolute atomic E-state index is 0.00176. The van der Waals surface area contributed by atoms with E-state index < -0.39 is 0 Å². The molecule has 0 saturated heterocycles. The van der Waals surface area contributed by atoms with Crippen molar-refractivity contribution in [2.24, 2.45) is 0 Å². The van der Waals surface area contributed by atoms with Crippen molar-refractivity contribution in [2.45, 2.75) is 37.8 Å². The van der Waals surface area contributed by atoms with Crippen LogP contribution >= 0.6 is 0 Å². The third-order valence-electron chi connectivity index (χ3n) is 10.1. The number of nitrogens with zero attached hydrogens (tertiary/aromatic N) is 1. The molecular formula is C37H42N2O6+2. The SMILES string of the molecule is COc1cc2c3cc1Oc1cc(ccc1O)C[C@@H]1c4c(cc(OC)c(O)c4Oc4ccc(cc4)C[C@@H]3[NH+](C)CC2)CC[N+]1(C)C. The molecule has 4 aliphatic heterocycles. The third kappa shape index (κ3) is 5.22. The predicted octanol–water partition coefficient (Wildman–Crippen LogP) is 5.28. The highest BCUT2D eigenvalue weighted by molar-refractivity contribution is 5.61. The fraction of sp³-hybridized carbons (Fsp3) is 0.351. The van der Waals surface area contributed by atoms with Gasteiger partial charge in [-0.3, -0.25) is 0 Å². The lowest BCUT2D eigenvalue weighted by atomic mass is 9.86. The normalized spacial score (nSPS) is 21.4. The first kappa shape index (κ1) is 29.3. The van der Waals surface area contributed by atoms with Gasteiger partial charge >= 0.3 is 0 Å². The van der Waals surface area contributed by atoms with E-state index in [-0.39, 0.29) is 23.6 Å². The van der Waals surface area contributed by atoms with E-state index in [4.69, 9.17) is 18.9 Å². The first-order valence-electron chi connectivity index (χ1n) is 15.7. The van der Waals surface area contributed by atoms with E-state index in [0.29, 0.717) is 45.4 Å². The van der Waals surface area contributed by atoms with Crippen LogP contribution in [0, 0.1) is 0 Å². The summed E-state index contributed by atoms with van der Waals surface area (Å²) in [6.07, 6.45) is 3.24. The average Bonchev–Trinajstić information content (AvgIpc) is 3.03. The zero-order valence-electron chi connectivity index (χ0n) is 26.6. The molecule has 0 aromatic heterocycles. The van der Waals surface area contributed by atoms with Crippen LogP contribution < -0.4 is 23.8 Å². The molecule has 8 heteroatoms. The molecule has 8 rings (SSSR count). The highest BCUT2D eigenvalue weighted by Crippen LogP contribution is 2.51. The van der Waals surface area contributed by atoms with Crippen LogP contribution in [0.3, 0.4) is 0 Å². The van der Waals surface area contributed by atoms with Crippen LogP contribution in [0.2, 0.25) is 0 Å². The van der Waals surface area contributed by atoms with Crippen LogP contribution in [0.1, 0.15) is 45.5 Å². The van der Waals surface area contributed by atoms with E-state index >= 15 is 0 Å². The number of benzene rings is 4. The van der Waals surface area contributed by atoms with Gasteiger partial charge in [-0.25, -0.2) is 0 Å². The average molecular weight is 611 g/mol. The number of ether oxygens (including phenoxy) is 4. The molecule has 4 aliphatic rings. The van der Waals surface area contributed by atoms with Crippen LogP contribution in [-0.4, -0.2) is 63.1 Å². The molecule has 4 heterocycles. The van der Waals surface area contributed by atoms with Gasteiger partial charge in [0.2, 0.25) is 5.75 Å². The Bertz CT molecular complexity index is 1770. The van der Waals surface area contributed by atoms with Gasteiger partial charge in [-0.2, -0.15) is 0 Å². The summed E-state index contributed by atoms with van der Waals surface area (Å²) in [5, 5.41) is 22.5. The molecule has 0 spiro atoms. The summed E-state index contributed by atoms with van der Waals surface area (Å²) in [4.78, 5) is 1.43. The molecule has 0 amide bonds. The minimum Gasteiger partial charge on any atom is -0.504 e. The van der Waals surface area contributed by atoms with E-state index in [1.165, 1.54) is 21.6 Å². The molecule has 0 saturated carbocycles. The molecule has 3 atom stereocenters. The molecular weight excluding hydrogens is 568 g/mol. The minimum atomic E-state index is -0.0475. The molecule has 0 aliphatic carbocycles. The second-order valence-corrected chi connectivity index (χ2v) is 13.3. The summed E-state index contributed by atoms with van der Waals surface area (Å²) in [6, 6.07) is 20.1.